The van der Waals surface area contributed by atoms with Crippen LogP contribution < -0.4 is 0 Å². The average Bonchev–Trinajstić information content (AvgIpc) is 2.42. The van der Waals surface area contributed by atoms with Gasteiger partial charge >= 0.3 is 5.97 Å². The van der Waals surface area contributed by atoms with Gasteiger partial charge in [-0.2, -0.15) is 0 Å². The van der Waals surface area contributed by atoms with Gasteiger partial charge in [-0.15, -0.1) is 0 Å². The summed E-state index contributed by atoms with van der Waals surface area (Å²) < 4.78 is 5.92. The molecule has 0 spiro atoms. The van der Waals surface area contributed by atoms with E-state index in [2.05, 4.69) is 13.8 Å². The van der Waals surface area contributed by atoms with Crippen LogP contribution in [0.2, 0.25) is 0 Å². The van der Waals surface area contributed by atoms with E-state index in [-0.39, 0.29) is 23.8 Å². The van der Waals surface area contributed by atoms with Crippen molar-refractivity contribution in [3.05, 3.63) is 0 Å². The van der Waals surface area contributed by atoms with Gasteiger partial charge in [-0.1, -0.05) is 0 Å². The minimum absolute atomic E-state index is 0.0581. The van der Waals surface area contributed by atoms with Gasteiger partial charge in [0.1, 0.15) is 0 Å². The first-order valence-electron chi connectivity index (χ1n) is 6.25. The Bertz CT molecular complexity index is 281. The summed E-state index contributed by atoms with van der Waals surface area (Å²) in [4.78, 5) is 12.8. The molecule has 0 amide bonds. The summed E-state index contributed by atoms with van der Waals surface area (Å²) in [5.74, 6) is -0.780. The van der Waals surface area contributed by atoms with E-state index < -0.39 is 5.97 Å². The Hall–Kier alpha value is -0.610. The van der Waals surface area contributed by atoms with Gasteiger partial charge in [0.15, 0.2) is 0 Å². The first-order chi connectivity index (χ1) is 7.60. The molecule has 1 atom stereocenters. The van der Waals surface area contributed by atoms with Crippen molar-refractivity contribution >= 4 is 5.97 Å². The van der Waals surface area contributed by atoms with E-state index in [0.29, 0.717) is 6.54 Å². The number of hydrogen-bond donors (Lipinski definition) is 1. The van der Waals surface area contributed by atoms with Crippen LogP contribution in [-0.2, 0) is 9.53 Å². The molecule has 0 radical (unpaired) electrons. The highest BCUT2D eigenvalue weighted by Crippen LogP contribution is 2.30. The zero-order chi connectivity index (χ0) is 13.3. The van der Waals surface area contributed by atoms with Gasteiger partial charge < -0.3 is 9.84 Å². The monoisotopic (exact) mass is 243 g/mol. The van der Waals surface area contributed by atoms with E-state index in [1.807, 2.05) is 25.7 Å². The SMILES string of the molecule is CC1(C)CCC(CN(CC(=O)O)C(C)(C)C)O1. The second-order valence-electron chi connectivity index (χ2n) is 6.48. The van der Waals surface area contributed by atoms with Crippen molar-refractivity contribution in [2.75, 3.05) is 13.1 Å². The Balaban J connectivity index is 2.59. The van der Waals surface area contributed by atoms with Crippen molar-refractivity contribution in [2.24, 2.45) is 0 Å². The maximum Gasteiger partial charge on any atom is 0.317 e. The topological polar surface area (TPSA) is 49.8 Å². The summed E-state index contributed by atoms with van der Waals surface area (Å²) in [6, 6.07) is 0. The molecular formula is C13H25NO3. The zero-order valence-electron chi connectivity index (χ0n) is 11.6. The Labute approximate surface area is 104 Å². The molecule has 1 aliphatic rings. The molecule has 0 saturated carbocycles. The van der Waals surface area contributed by atoms with E-state index in [1.165, 1.54) is 0 Å². The van der Waals surface area contributed by atoms with Gasteiger partial charge in [0, 0.05) is 12.1 Å². The van der Waals surface area contributed by atoms with Gasteiger partial charge in [-0.25, -0.2) is 0 Å². The van der Waals surface area contributed by atoms with Crippen molar-refractivity contribution in [1.82, 2.24) is 4.90 Å². The van der Waals surface area contributed by atoms with Gasteiger partial charge in [0.25, 0.3) is 0 Å². The molecule has 1 aliphatic heterocycles. The molecule has 1 fully saturated rings. The molecule has 0 bridgehead atoms. The minimum Gasteiger partial charge on any atom is -0.480 e. The molecule has 1 heterocycles. The van der Waals surface area contributed by atoms with Crippen molar-refractivity contribution in [3.8, 4) is 0 Å². The summed E-state index contributed by atoms with van der Waals surface area (Å²) in [6.45, 7) is 11.1. The van der Waals surface area contributed by atoms with Crippen LogP contribution in [0.1, 0.15) is 47.5 Å². The molecule has 1 N–H and O–H groups in total. The summed E-state index contributed by atoms with van der Waals surface area (Å²) in [7, 11) is 0. The fourth-order valence-electron chi connectivity index (χ4n) is 2.19. The Morgan fingerprint density at radius 2 is 2.06 bits per heavy atom. The third kappa shape index (κ3) is 4.64. The third-order valence-corrected chi connectivity index (χ3v) is 3.25. The Morgan fingerprint density at radius 1 is 1.47 bits per heavy atom. The average molecular weight is 243 g/mol. The second-order valence-corrected chi connectivity index (χ2v) is 6.48. The van der Waals surface area contributed by atoms with Crippen molar-refractivity contribution < 1.29 is 14.6 Å². The Kier molecular flexibility index (Phi) is 4.20. The lowest BCUT2D eigenvalue weighted by Crippen LogP contribution is -2.48. The van der Waals surface area contributed by atoms with Crippen LogP contribution in [0.4, 0.5) is 0 Å². The van der Waals surface area contributed by atoms with Crippen LogP contribution in [0.25, 0.3) is 0 Å². The molecule has 0 aromatic carbocycles. The predicted molar refractivity (Wildman–Crippen MR) is 67.1 cm³/mol. The van der Waals surface area contributed by atoms with E-state index in [0.717, 1.165) is 12.8 Å². The van der Waals surface area contributed by atoms with Crippen molar-refractivity contribution in [1.29, 1.82) is 0 Å². The molecule has 1 saturated heterocycles. The normalized spacial score (nSPS) is 24.2. The predicted octanol–water partition coefficient (Wildman–Crippen LogP) is 2.13. The summed E-state index contributed by atoms with van der Waals surface area (Å²) in [5, 5.41) is 8.94. The van der Waals surface area contributed by atoms with Gasteiger partial charge in [0.05, 0.1) is 18.2 Å². The quantitative estimate of drug-likeness (QED) is 0.821. The fraction of sp³-hybridized carbons (Fsp3) is 0.923. The number of nitrogens with zero attached hydrogens (tertiary/aromatic N) is 1. The maximum absolute atomic E-state index is 10.9. The molecular weight excluding hydrogens is 218 g/mol. The van der Waals surface area contributed by atoms with Crippen LogP contribution in [0, 0.1) is 0 Å². The molecule has 0 aliphatic carbocycles. The standard InChI is InChI=1S/C13H25NO3/c1-12(2,3)14(9-11(15)16)8-10-6-7-13(4,5)17-10/h10H,6-9H2,1-5H3,(H,15,16). The molecule has 0 aromatic heterocycles. The van der Waals surface area contributed by atoms with Crippen molar-refractivity contribution in [3.63, 3.8) is 0 Å². The molecule has 4 nitrogen and oxygen atoms in total. The van der Waals surface area contributed by atoms with Crippen LogP contribution in [0.15, 0.2) is 0 Å². The number of aliphatic carboxylic acids is 1. The van der Waals surface area contributed by atoms with E-state index >= 15 is 0 Å². The highest BCUT2D eigenvalue weighted by atomic mass is 16.5. The molecule has 17 heavy (non-hydrogen) atoms. The number of ether oxygens (including phenoxy) is 1. The Morgan fingerprint density at radius 3 is 2.41 bits per heavy atom. The fourth-order valence-corrected chi connectivity index (χ4v) is 2.19. The van der Waals surface area contributed by atoms with Crippen LogP contribution >= 0.6 is 0 Å². The summed E-state index contributed by atoms with van der Waals surface area (Å²) >= 11 is 0. The van der Waals surface area contributed by atoms with Gasteiger partial charge in [-0.05, 0) is 47.5 Å². The summed E-state index contributed by atoms with van der Waals surface area (Å²) in [5.41, 5.74) is -0.202. The van der Waals surface area contributed by atoms with Crippen LogP contribution in [-0.4, -0.2) is 46.3 Å². The number of carboxylic acid groups (broad SMARTS) is 1. The maximum atomic E-state index is 10.9. The first-order valence-corrected chi connectivity index (χ1v) is 6.25. The lowest BCUT2D eigenvalue weighted by Gasteiger charge is -2.36. The molecule has 4 heteroatoms. The molecule has 1 rings (SSSR count). The number of hydrogen-bond acceptors (Lipinski definition) is 3. The number of rotatable bonds is 4. The highest BCUT2D eigenvalue weighted by Gasteiger charge is 2.35. The van der Waals surface area contributed by atoms with Gasteiger partial charge in [0.2, 0.25) is 0 Å². The van der Waals surface area contributed by atoms with Crippen LogP contribution in [0.5, 0.6) is 0 Å². The summed E-state index contributed by atoms with van der Waals surface area (Å²) in [6.07, 6.45) is 2.21. The molecule has 0 aromatic rings. The van der Waals surface area contributed by atoms with E-state index in [9.17, 15) is 4.79 Å². The third-order valence-electron chi connectivity index (χ3n) is 3.25. The second kappa shape index (κ2) is 4.94. The van der Waals surface area contributed by atoms with Gasteiger partial charge in [-0.3, -0.25) is 9.69 Å². The number of carboxylic acids is 1. The molecule has 1 unspecified atom stereocenters. The van der Waals surface area contributed by atoms with E-state index in [1.54, 1.807) is 0 Å². The lowest BCUT2D eigenvalue weighted by molar-refractivity contribution is -0.140. The highest BCUT2D eigenvalue weighted by molar-refractivity contribution is 5.69. The molecule has 100 valence electrons. The minimum atomic E-state index is -0.780. The lowest BCUT2D eigenvalue weighted by atomic mass is 10.0. The van der Waals surface area contributed by atoms with Crippen LogP contribution in [0.3, 0.4) is 0 Å². The van der Waals surface area contributed by atoms with E-state index in [4.69, 9.17) is 9.84 Å². The van der Waals surface area contributed by atoms with Crippen molar-refractivity contribution in [2.45, 2.75) is 64.7 Å². The number of carbonyl (C=O) groups is 1. The first kappa shape index (κ1) is 14.5. The zero-order valence-corrected chi connectivity index (χ0v) is 11.6. The smallest absolute Gasteiger partial charge is 0.317 e. The largest absolute Gasteiger partial charge is 0.480 e.